The van der Waals surface area contributed by atoms with Crippen molar-refractivity contribution in [3.05, 3.63) is 0 Å². The Bertz CT molecular complexity index is 485. The summed E-state index contributed by atoms with van der Waals surface area (Å²) in [7, 11) is 0. The van der Waals surface area contributed by atoms with E-state index in [9.17, 15) is 9.59 Å². The number of aromatic nitrogens is 2. The largest absolute Gasteiger partial charge is 0.481 e. The maximum absolute atomic E-state index is 12.0. The van der Waals surface area contributed by atoms with E-state index in [-0.39, 0.29) is 11.7 Å². The number of carbonyl (C=O) groups excluding carboxylic acids is 1. The highest BCUT2D eigenvalue weighted by Gasteiger charge is 2.17. The molecule has 2 rings (SSSR count). The number of carboxylic acids is 1. The predicted octanol–water partition coefficient (Wildman–Crippen LogP) is 3.01. The Morgan fingerprint density at radius 1 is 1.24 bits per heavy atom. The van der Waals surface area contributed by atoms with Crippen LogP contribution in [0.4, 0.5) is 5.13 Å². The minimum Gasteiger partial charge on any atom is -0.481 e. The van der Waals surface area contributed by atoms with Crippen LogP contribution in [-0.4, -0.2) is 32.9 Å². The molecule has 1 fully saturated rings. The summed E-state index contributed by atoms with van der Waals surface area (Å²) in [6.45, 7) is 0. The lowest BCUT2D eigenvalue weighted by molar-refractivity contribution is -0.133. The molecular formula is C13H19N3O3S2. The number of nitrogens with zero attached hydrogens (tertiary/aromatic N) is 2. The quantitative estimate of drug-likeness (QED) is 0.473. The number of carbonyl (C=O) groups is 2. The van der Waals surface area contributed by atoms with Gasteiger partial charge in [-0.1, -0.05) is 48.8 Å². The molecule has 0 bridgehead atoms. The van der Waals surface area contributed by atoms with E-state index in [4.69, 9.17) is 5.11 Å². The van der Waals surface area contributed by atoms with Crippen molar-refractivity contribution in [2.24, 2.45) is 5.92 Å². The summed E-state index contributed by atoms with van der Waals surface area (Å²) in [5.41, 5.74) is 0. The second-order valence-corrected chi connectivity index (χ2v) is 7.37. The topological polar surface area (TPSA) is 92.2 Å². The molecule has 0 saturated heterocycles. The van der Waals surface area contributed by atoms with Crippen molar-refractivity contribution in [1.29, 1.82) is 0 Å². The molecule has 0 spiro atoms. The van der Waals surface area contributed by atoms with E-state index in [2.05, 4.69) is 15.5 Å². The third-order valence-electron chi connectivity index (χ3n) is 3.42. The minimum absolute atomic E-state index is 0.0205. The molecule has 1 amide bonds. The molecule has 0 aromatic carbocycles. The summed E-state index contributed by atoms with van der Waals surface area (Å²) in [6, 6.07) is 0. The fraction of sp³-hybridized carbons (Fsp3) is 0.692. The molecule has 1 aromatic rings. The van der Waals surface area contributed by atoms with Crippen molar-refractivity contribution in [2.75, 3.05) is 11.1 Å². The number of carboxylic acid groups (broad SMARTS) is 1. The third kappa shape index (κ3) is 6.01. The second-order valence-electron chi connectivity index (χ2n) is 5.17. The molecule has 2 N–H and O–H groups in total. The summed E-state index contributed by atoms with van der Waals surface area (Å²) in [4.78, 5) is 22.5. The van der Waals surface area contributed by atoms with Crippen LogP contribution in [-0.2, 0) is 9.59 Å². The number of amides is 1. The Morgan fingerprint density at radius 2 is 1.95 bits per heavy atom. The predicted molar refractivity (Wildman–Crippen MR) is 82.7 cm³/mol. The van der Waals surface area contributed by atoms with Gasteiger partial charge in [-0.25, -0.2) is 0 Å². The van der Waals surface area contributed by atoms with Crippen molar-refractivity contribution >= 4 is 40.1 Å². The zero-order valence-corrected chi connectivity index (χ0v) is 13.3. The van der Waals surface area contributed by atoms with E-state index in [1.165, 1.54) is 37.0 Å². The molecule has 0 aliphatic heterocycles. The maximum Gasteiger partial charge on any atom is 0.313 e. The minimum atomic E-state index is -0.894. The first-order valence-electron chi connectivity index (χ1n) is 7.11. The average molecular weight is 329 g/mol. The summed E-state index contributed by atoms with van der Waals surface area (Å²) < 4.78 is 0.558. The van der Waals surface area contributed by atoms with E-state index < -0.39 is 5.97 Å². The zero-order chi connectivity index (χ0) is 15.1. The molecule has 0 unspecified atom stereocenters. The Morgan fingerprint density at radius 3 is 2.62 bits per heavy atom. The van der Waals surface area contributed by atoms with Gasteiger partial charge in [0.2, 0.25) is 11.0 Å². The van der Waals surface area contributed by atoms with Crippen LogP contribution in [0.15, 0.2) is 4.34 Å². The number of anilines is 1. The molecule has 1 aromatic heterocycles. The van der Waals surface area contributed by atoms with Crippen molar-refractivity contribution in [2.45, 2.75) is 49.3 Å². The number of aliphatic carboxylic acids is 1. The molecule has 116 valence electrons. The van der Waals surface area contributed by atoms with Gasteiger partial charge in [0, 0.05) is 6.42 Å². The van der Waals surface area contributed by atoms with Gasteiger partial charge in [0.05, 0.1) is 5.75 Å². The van der Waals surface area contributed by atoms with Gasteiger partial charge in [-0.2, -0.15) is 0 Å². The fourth-order valence-corrected chi connectivity index (χ4v) is 3.93. The number of rotatable bonds is 6. The van der Waals surface area contributed by atoms with Crippen LogP contribution in [0.5, 0.6) is 0 Å². The Kier molecular flexibility index (Phi) is 6.44. The Labute approximate surface area is 131 Å². The lowest BCUT2D eigenvalue weighted by Gasteiger charge is -2.12. The van der Waals surface area contributed by atoms with Crippen LogP contribution >= 0.6 is 23.1 Å². The van der Waals surface area contributed by atoms with Crippen LogP contribution in [0.1, 0.15) is 44.9 Å². The zero-order valence-electron chi connectivity index (χ0n) is 11.7. The number of hydrogen-bond donors (Lipinski definition) is 2. The fourth-order valence-electron chi connectivity index (χ4n) is 2.44. The van der Waals surface area contributed by atoms with E-state index in [1.807, 2.05) is 0 Å². The molecule has 1 aliphatic carbocycles. The molecule has 21 heavy (non-hydrogen) atoms. The molecule has 0 atom stereocenters. The molecule has 0 radical (unpaired) electrons. The summed E-state index contributed by atoms with van der Waals surface area (Å²) in [5, 5.41) is 19.5. The Hall–Kier alpha value is -1.15. The first-order chi connectivity index (χ1) is 10.1. The first kappa shape index (κ1) is 16.2. The SMILES string of the molecule is O=C(O)CSc1nnc(NC(=O)CC2CCCCCC2)s1. The number of thioether (sulfide) groups is 1. The van der Waals surface area contributed by atoms with Crippen molar-refractivity contribution in [1.82, 2.24) is 10.2 Å². The molecule has 6 nitrogen and oxygen atoms in total. The van der Waals surface area contributed by atoms with Gasteiger partial charge < -0.3 is 10.4 Å². The van der Waals surface area contributed by atoms with Gasteiger partial charge in [0.15, 0.2) is 4.34 Å². The Balaban J connectivity index is 1.77. The van der Waals surface area contributed by atoms with Crippen LogP contribution in [0, 0.1) is 5.92 Å². The highest BCUT2D eigenvalue weighted by molar-refractivity contribution is 8.01. The van der Waals surface area contributed by atoms with Crippen molar-refractivity contribution in [3.8, 4) is 0 Å². The van der Waals surface area contributed by atoms with Gasteiger partial charge in [0.25, 0.3) is 0 Å². The van der Waals surface area contributed by atoms with Gasteiger partial charge in [-0.15, -0.1) is 10.2 Å². The van der Waals surface area contributed by atoms with Gasteiger partial charge in [-0.3, -0.25) is 9.59 Å². The molecular weight excluding hydrogens is 310 g/mol. The van der Waals surface area contributed by atoms with Crippen LogP contribution in [0.3, 0.4) is 0 Å². The standard InChI is InChI=1S/C13H19N3O3S2/c17-10(7-9-5-3-1-2-4-6-9)14-12-15-16-13(21-12)20-8-11(18)19/h9H,1-8H2,(H,18,19)(H,14,15,17). The van der Waals surface area contributed by atoms with Crippen molar-refractivity contribution in [3.63, 3.8) is 0 Å². The normalized spacial score (nSPS) is 16.4. The average Bonchev–Trinajstić information content (AvgIpc) is 2.71. The highest BCUT2D eigenvalue weighted by Crippen LogP contribution is 2.27. The second kappa shape index (κ2) is 8.33. The number of nitrogens with one attached hydrogen (secondary N) is 1. The van der Waals surface area contributed by atoms with Crippen LogP contribution in [0.2, 0.25) is 0 Å². The van der Waals surface area contributed by atoms with E-state index in [0.717, 1.165) is 24.6 Å². The van der Waals surface area contributed by atoms with Gasteiger partial charge >= 0.3 is 5.97 Å². The van der Waals surface area contributed by atoms with E-state index in [0.29, 0.717) is 21.8 Å². The van der Waals surface area contributed by atoms with Crippen LogP contribution < -0.4 is 5.32 Å². The highest BCUT2D eigenvalue weighted by atomic mass is 32.2. The lowest BCUT2D eigenvalue weighted by atomic mass is 9.96. The van der Waals surface area contributed by atoms with E-state index >= 15 is 0 Å². The summed E-state index contributed by atoms with van der Waals surface area (Å²) >= 11 is 2.32. The van der Waals surface area contributed by atoms with Gasteiger partial charge in [0.1, 0.15) is 0 Å². The summed E-state index contributed by atoms with van der Waals surface area (Å²) in [5.74, 6) is -0.492. The van der Waals surface area contributed by atoms with E-state index in [1.54, 1.807) is 0 Å². The van der Waals surface area contributed by atoms with Crippen molar-refractivity contribution < 1.29 is 14.7 Å². The van der Waals surface area contributed by atoms with Crippen LogP contribution in [0.25, 0.3) is 0 Å². The molecule has 1 heterocycles. The first-order valence-corrected chi connectivity index (χ1v) is 8.91. The summed E-state index contributed by atoms with van der Waals surface area (Å²) in [6.07, 6.45) is 7.78. The lowest BCUT2D eigenvalue weighted by Crippen LogP contribution is -2.16. The van der Waals surface area contributed by atoms with Gasteiger partial charge in [-0.05, 0) is 18.8 Å². The number of hydrogen-bond acceptors (Lipinski definition) is 6. The monoisotopic (exact) mass is 329 g/mol. The smallest absolute Gasteiger partial charge is 0.313 e. The third-order valence-corrected chi connectivity index (χ3v) is 5.38. The molecule has 1 aliphatic rings. The molecule has 1 saturated carbocycles. The maximum atomic E-state index is 12.0. The molecule has 8 heteroatoms.